The third-order valence-corrected chi connectivity index (χ3v) is 4.32. The summed E-state index contributed by atoms with van der Waals surface area (Å²) in [5.41, 5.74) is 3.98. The average molecular weight is 255 g/mol. The number of para-hydroxylation sites is 1. The minimum Gasteiger partial charge on any atom is -0.481 e. The molecular formula is C16H17NO2. The van der Waals surface area contributed by atoms with Crippen molar-refractivity contribution in [1.29, 1.82) is 0 Å². The van der Waals surface area contributed by atoms with Gasteiger partial charge >= 0.3 is 5.97 Å². The van der Waals surface area contributed by atoms with E-state index in [9.17, 15) is 9.90 Å². The van der Waals surface area contributed by atoms with Gasteiger partial charge in [-0.15, -0.1) is 0 Å². The Kier molecular flexibility index (Phi) is 2.77. The summed E-state index contributed by atoms with van der Waals surface area (Å²) in [4.78, 5) is 16.0. The molecule has 0 fully saturated rings. The van der Waals surface area contributed by atoms with Crippen LogP contribution in [0.5, 0.6) is 0 Å². The first-order valence-electron chi connectivity index (χ1n) is 6.77. The van der Waals surface area contributed by atoms with Crippen LogP contribution >= 0.6 is 0 Å². The fourth-order valence-electron chi connectivity index (χ4n) is 3.26. The van der Waals surface area contributed by atoms with Crippen molar-refractivity contribution in [2.75, 3.05) is 0 Å². The van der Waals surface area contributed by atoms with Crippen molar-refractivity contribution in [1.82, 2.24) is 0 Å². The summed E-state index contributed by atoms with van der Waals surface area (Å²) in [7, 11) is 0. The molecule has 3 heteroatoms. The van der Waals surface area contributed by atoms with Gasteiger partial charge in [0.25, 0.3) is 0 Å². The van der Waals surface area contributed by atoms with Gasteiger partial charge in [0, 0.05) is 16.6 Å². The molecule has 0 spiro atoms. The lowest BCUT2D eigenvalue weighted by atomic mass is 9.68. The summed E-state index contributed by atoms with van der Waals surface area (Å²) in [6.45, 7) is 2.07. The van der Waals surface area contributed by atoms with Gasteiger partial charge in [-0.05, 0) is 25.3 Å². The molecule has 0 aromatic heterocycles. The van der Waals surface area contributed by atoms with Crippen LogP contribution in [-0.4, -0.2) is 16.8 Å². The Morgan fingerprint density at radius 2 is 2.21 bits per heavy atom. The van der Waals surface area contributed by atoms with Crippen molar-refractivity contribution < 1.29 is 9.90 Å². The molecule has 3 nitrogen and oxygen atoms in total. The number of fused-ring (bicyclic) bond motifs is 3. The van der Waals surface area contributed by atoms with Crippen LogP contribution in [0.3, 0.4) is 0 Å². The highest BCUT2D eigenvalue weighted by molar-refractivity contribution is 6.32. The Hall–Kier alpha value is -1.90. The number of carbonyl (C=O) groups is 1. The van der Waals surface area contributed by atoms with Gasteiger partial charge in [0.2, 0.25) is 0 Å². The summed E-state index contributed by atoms with van der Waals surface area (Å²) in [5, 5.41) is 9.22. The quantitative estimate of drug-likeness (QED) is 0.892. The summed E-state index contributed by atoms with van der Waals surface area (Å²) in [6, 6.07) is 8.07. The fraction of sp³-hybridized carbons (Fsp3) is 0.375. The fourth-order valence-corrected chi connectivity index (χ4v) is 3.26. The number of hydrogen-bond donors (Lipinski definition) is 1. The van der Waals surface area contributed by atoms with Gasteiger partial charge in [-0.1, -0.05) is 31.2 Å². The maximum Gasteiger partial charge on any atom is 0.304 e. The summed E-state index contributed by atoms with van der Waals surface area (Å²) >= 11 is 0. The molecule has 3 rings (SSSR count). The van der Waals surface area contributed by atoms with E-state index >= 15 is 0 Å². The van der Waals surface area contributed by atoms with Crippen molar-refractivity contribution in [3.8, 4) is 0 Å². The minimum atomic E-state index is -0.734. The van der Waals surface area contributed by atoms with Crippen LogP contribution < -0.4 is 0 Å². The van der Waals surface area contributed by atoms with Crippen LogP contribution in [0, 0.1) is 5.41 Å². The summed E-state index contributed by atoms with van der Waals surface area (Å²) < 4.78 is 0. The Morgan fingerprint density at radius 1 is 1.42 bits per heavy atom. The number of carboxylic acid groups (broad SMARTS) is 1. The molecule has 1 heterocycles. The normalized spacial score (nSPS) is 24.3. The molecule has 98 valence electrons. The van der Waals surface area contributed by atoms with Gasteiger partial charge in [0.15, 0.2) is 0 Å². The van der Waals surface area contributed by atoms with Gasteiger partial charge in [0.1, 0.15) is 0 Å². The largest absolute Gasteiger partial charge is 0.481 e. The van der Waals surface area contributed by atoms with Crippen molar-refractivity contribution >= 4 is 22.9 Å². The molecule has 19 heavy (non-hydrogen) atoms. The molecule has 1 N–H and O–H groups in total. The number of rotatable bonds is 3. The van der Waals surface area contributed by atoms with E-state index in [1.165, 1.54) is 0 Å². The maximum absolute atomic E-state index is 11.2. The van der Waals surface area contributed by atoms with E-state index in [0.29, 0.717) is 0 Å². The molecule has 1 atom stereocenters. The number of benzene rings is 1. The van der Waals surface area contributed by atoms with E-state index in [2.05, 4.69) is 19.1 Å². The summed E-state index contributed by atoms with van der Waals surface area (Å²) in [5.74, 6) is -0.734. The molecule has 1 aromatic carbocycles. The second kappa shape index (κ2) is 4.34. The highest BCUT2D eigenvalue weighted by Gasteiger charge is 2.42. The van der Waals surface area contributed by atoms with E-state index in [0.717, 1.165) is 41.8 Å². The van der Waals surface area contributed by atoms with Crippen LogP contribution in [0.2, 0.25) is 0 Å². The van der Waals surface area contributed by atoms with Crippen LogP contribution in [0.4, 0.5) is 5.69 Å². The second-order valence-corrected chi connectivity index (χ2v) is 5.34. The topological polar surface area (TPSA) is 49.7 Å². The smallest absolute Gasteiger partial charge is 0.304 e. The first-order valence-corrected chi connectivity index (χ1v) is 6.77. The molecule has 1 aliphatic heterocycles. The van der Waals surface area contributed by atoms with Gasteiger partial charge < -0.3 is 5.11 Å². The molecule has 1 aliphatic carbocycles. The third kappa shape index (κ3) is 1.81. The molecule has 0 saturated carbocycles. The molecule has 0 amide bonds. The monoisotopic (exact) mass is 255 g/mol. The second-order valence-electron chi connectivity index (χ2n) is 5.34. The van der Waals surface area contributed by atoms with Crippen LogP contribution in [0.1, 0.15) is 38.2 Å². The molecule has 0 bridgehead atoms. The van der Waals surface area contributed by atoms with Gasteiger partial charge in [-0.2, -0.15) is 0 Å². The Morgan fingerprint density at radius 3 is 2.95 bits per heavy atom. The van der Waals surface area contributed by atoms with E-state index < -0.39 is 5.97 Å². The highest BCUT2D eigenvalue weighted by atomic mass is 16.4. The lowest BCUT2D eigenvalue weighted by Gasteiger charge is -2.35. The Bertz CT molecular complexity index is 601. The van der Waals surface area contributed by atoms with Crippen molar-refractivity contribution in [2.45, 2.75) is 32.6 Å². The molecular weight excluding hydrogens is 238 g/mol. The SMILES string of the molecule is CCC1(CC(=O)O)CCC=C2C1=Nc1ccccc12. The molecule has 0 radical (unpaired) electrons. The average Bonchev–Trinajstić information content (AvgIpc) is 2.78. The number of allylic oxidation sites excluding steroid dienone is 2. The number of aliphatic carboxylic acids is 1. The van der Waals surface area contributed by atoms with Crippen molar-refractivity contribution in [3.63, 3.8) is 0 Å². The Labute approximate surface area is 112 Å². The number of aliphatic imine (C=N–C) groups is 1. The number of hydrogen-bond acceptors (Lipinski definition) is 2. The van der Waals surface area contributed by atoms with E-state index in [1.54, 1.807) is 0 Å². The van der Waals surface area contributed by atoms with Gasteiger partial charge in [-0.3, -0.25) is 9.79 Å². The maximum atomic E-state index is 11.2. The molecule has 1 unspecified atom stereocenters. The van der Waals surface area contributed by atoms with Crippen molar-refractivity contribution in [3.05, 3.63) is 35.9 Å². The first kappa shape index (κ1) is 12.2. The van der Waals surface area contributed by atoms with E-state index in [4.69, 9.17) is 4.99 Å². The number of nitrogens with zero attached hydrogens (tertiary/aromatic N) is 1. The first-order chi connectivity index (χ1) is 9.16. The van der Waals surface area contributed by atoms with Crippen LogP contribution in [0.15, 0.2) is 35.3 Å². The predicted molar refractivity (Wildman–Crippen MR) is 75.7 cm³/mol. The standard InChI is InChI=1S/C16H17NO2/c1-2-16(10-14(18)19)9-5-7-12-11-6-3-4-8-13(11)17-15(12)16/h3-4,6-8H,2,5,9-10H2,1H3,(H,18,19). The third-order valence-electron chi connectivity index (χ3n) is 4.32. The zero-order chi connectivity index (χ0) is 13.5. The lowest BCUT2D eigenvalue weighted by molar-refractivity contribution is -0.138. The van der Waals surface area contributed by atoms with E-state index in [1.807, 2.05) is 18.2 Å². The highest BCUT2D eigenvalue weighted by Crippen LogP contribution is 2.49. The predicted octanol–water partition coefficient (Wildman–Crippen LogP) is 3.82. The minimum absolute atomic E-state index is 0.174. The molecule has 0 saturated heterocycles. The molecule has 1 aromatic rings. The van der Waals surface area contributed by atoms with Gasteiger partial charge in [-0.25, -0.2) is 0 Å². The zero-order valence-electron chi connectivity index (χ0n) is 11.0. The van der Waals surface area contributed by atoms with Crippen LogP contribution in [0.25, 0.3) is 5.57 Å². The molecule has 2 aliphatic rings. The Balaban J connectivity index is 2.10. The summed E-state index contributed by atoms with van der Waals surface area (Å²) in [6.07, 6.45) is 5.02. The van der Waals surface area contributed by atoms with Crippen molar-refractivity contribution in [2.24, 2.45) is 10.4 Å². The van der Waals surface area contributed by atoms with Gasteiger partial charge in [0.05, 0.1) is 17.8 Å². The number of carboxylic acids is 1. The van der Waals surface area contributed by atoms with E-state index in [-0.39, 0.29) is 11.8 Å². The lowest BCUT2D eigenvalue weighted by Crippen LogP contribution is -2.35. The van der Waals surface area contributed by atoms with Crippen LogP contribution in [-0.2, 0) is 4.79 Å². The zero-order valence-corrected chi connectivity index (χ0v) is 11.0.